The van der Waals surface area contributed by atoms with E-state index in [1.165, 1.54) is 0 Å². The molecule has 25 atom stereocenters. The maximum atomic E-state index is 13.5. The van der Waals surface area contributed by atoms with Crippen molar-refractivity contribution in [1.82, 2.24) is 0 Å². The van der Waals surface area contributed by atoms with E-state index >= 15 is 0 Å². The number of ether oxygens (including phenoxy) is 16. The van der Waals surface area contributed by atoms with Gasteiger partial charge in [-0.15, -0.1) is 17.3 Å². The van der Waals surface area contributed by atoms with E-state index in [0.717, 1.165) is 49.8 Å². The van der Waals surface area contributed by atoms with Crippen molar-refractivity contribution in [2.75, 3.05) is 69.6 Å². The summed E-state index contributed by atoms with van der Waals surface area (Å²) in [4.78, 5) is 29.6. The lowest BCUT2D eigenvalue weighted by atomic mass is 9.94. The van der Waals surface area contributed by atoms with Crippen LogP contribution in [0.15, 0.2) is 5.11 Å². The summed E-state index contributed by atoms with van der Waals surface area (Å²) in [5, 5.41) is 75.6. The van der Waals surface area contributed by atoms with Gasteiger partial charge in [-0.25, -0.2) is 43.2 Å². The summed E-state index contributed by atoms with van der Waals surface area (Å²) in [5.74, 6) is -3.88. The van der Waals surface area contributed by atoms with E-state index in [-0.39, 0.29) is 49.3 Å². The second-order valence-corrected chi connectivity index (χ2v) is 23.5. The van der Waals surface area contributed by atoms with Crippen molar-refractivity contribution in [3.05, 3.63) is 10.4 Å². The zero-order chi connectivity index (χ0) is 70.4. The zero-order valence-corrected chi connectivity index (χ0v) is 54.4. The fourth-order valence-electron chi connectivity index (χ4n) is 9.90. The molecule has 0 amide bonds. The van der Waals surface area contributed by atoms with Crippen molar-refractivity contribution < 1.29 is 222 Å². The maximum absolute atomic E-state index is 13.5. The molecule has 5 aliphatic rings. The lowest BCUT2D eigenvalue weighted by Gasteiger charge is -2.51. The highest BCUT2D eigenvalue weighted by molar-refractivity contribution is 7.90. The number of carboxylic acid groups (broad SMARTS) is 2. The third-order valence-electron chi connectivity index (χ3n) is 13.5. The van der Waals surface area contributed by atoms with E-state index in [1.54, 1.807) is 0 Å². The molecule has 0 aromatic carbocycles. The number of aliphatic carboxylic acids is 2. The van der Waals surface area contributed by atoms with Gasteiger partial charge in [0.1, 0.15) is 91.5 Å². The third-order valence-corrected chi connectivity index (χ3v) is 16.4. The van der Waals surface area contributed by atoms with Gasteiger partial charge in [-0.1, -0.05) is 25.3 Å². The van der Waals surface area contributed by atoms with Crippen LogP contribution in [-0.2, 0) is 183 Å². The van der Waals surface area contributed by atoms with Gasteiger partial charge in [0, 0.05) is 54.7 Å². The zero-order valence-electron chi connectivity index (χ0n) is 48.7. The molecule has 95 heavy (non-hydrogen) atoms. The van der Waals surface area contributed by atoms with Crippen LogP contribution in [0, 0.1) is 0 Å². The number of carboxylic acids is 2. The first kappa shape index (κ1) is 83.6. The quantitative estimate of drug-likeness (QED) is 0.00452. The molecule has 0 aromatic rings. The first-order chi connectivity index (χ1) is 45.2. The molecule has 0 aromatic heterocycles. The minimum Gasteiger partial charge on any atom is -0.479 e. The highest BCUT2D eigenvalue weighted by Crippen LogP contribution is 2.42. The monoisotopic (exact) mass is 1540 g/mol. The fraction of sp³-hybridized carbons (Fsp3) is 0.946. The molecule has 58 heteroatoms. The van der Waals surface area contributed by atoms with Crippen LogP contribution in [0.1, 0.15) is 0 Å². The molecule has 0 saturated carbocycles. The Hall–Kier alpha value is -2.02. The van der Waals surface area contributed by atoms with Gasteiger partial charge in [0.05, 0.1) is 25.9 Å². The number of carbonyl (C=O) groups is 2. The lowest BCUT2D eigenvalue weighted by Crippen LogP contribution is -2.69. The molecule has 9 N–H and O–H groups in total. The van der Waals surface area contributed by atoms with E-state index in [0.29, 0.717) is 0 Å². The third kappa shape index (κ3) is 23.8. The Bertz CT molecular complexity index is 2700. The van der Waals surface area contributed by atoms with Crippen molar-refractivity contribution >= 4 is 92.4 Å². The van der Waals surface area contributed by atoms with Crippen molar-refractivity contribution in [1.29, 1.82) is 0 Å². The molecule has 11 unspecified atom stereocenters. The topological polar surface area (TPSA) is 654 Å². The largest absolute Gasteiger partial charge is 0.479 e. The average Bonchev–Trinajstić information content (AvgIpc) is 0.767. The molecule has 5 saturated heterocycles. The summed E-state index contributed by atoms with van der Waals surface area (Å²) in [5.41, 5.74) is 9.61. The van der Waals surface area contributed by atoms with Crippen LogP contribution in [0.5, 0.6) is 0 Å². The predicted octanol–water partition coefficient (Wildman–Crippen LogP) is -2.33. The first-order valence-electron chi connectivity index (χ1n) is 25.3. The molecular weight excluding hydrogens is 1480 g/mol. The minimum atomic E-state index is -5.56. The Morgan fingerprint density at radius 2 is 0.705 bits per heavy atom. The van der Waals surface area contributed by atoms with Crippen molar-refractivity contribution in [3.8, 4) is 0 Å². The summed E-state index contributed by atoms with van der Waals surface area (Å²) in [7, 11) is -8.93. The van der Waals surface area contributed by atoms with Gasteiger partial charge in [-0.05, 0) is 5.53 Å². The lowest BCUT2D eigenvalue weighted by molar-refractivity contribution is -0.437. The van der Waals surface area contributed by atoms with Crippen LogP contribution >= 0.6 is 49.3 Å². The number of rotatable bonds is 43. The molecule has 554 valence electrons. The van der Waals surface area contributed by atoms with Gasteiger partial charge in [-0.3, -0.25) is 30.4 Å². The highest BCUT2D eigenvalue weighted by atomic mass is 32.3. The number of hydrogen-bond acceptors (Lipinski definition) is 48. The molecule has 5 fully saturated rings. The number of hydrogen-bond donors (Lipinski definition) is 9. The van der Waals surface area contributed by atoms with Crippen molar-refractivity contribution in [2.24, 2.45) is 5.11 Å². The highest BCUT2D eigenvalue weighted by Gasteiger charge is 2.61. The van der Waals surface area contributed by atoms with Gasteiger partial charge >= 0.3 is 43.1 Å². The Morgan fingerprint density at radius 1 is 0.400 bits per heavy atom. The van der Waals surface area contributed by atoms with E-state index in [9.17, 15) is 69.5 Å². The fourth-order valence-corrected chi connectivity index (χ4v) is 12.2. The molecule has 0 radical (unpaired) electrons. The van der Waals surface area contributed by atoms with Crippen LogP contribution in [0.2, 0.25) is 0 Å². The summed E-state index contributed by atoms with van der Waals surface area (Å²) in [6.07, 6.45) is -47.6. The molecule has 0 spiro atoms. The Morgan fingerprint density at radius 3 is 1.03 bits per heavy atom. The van der Waals surface area contributed by atoms with Crippen LogP contribution in [-0.4, -0.2) is 305 Å². The number of methoxy groups -OCH3 is 7. The molecule has 5 heterocycles. The van der Waals surface area contributed by atoms with Gasteiger partial charge < -0.3 is 86.0 Å². The van der Waals surface area contributed by atoms with Crippen LogP contribution in [0.4, 0.5) is 0 Å². The minimum absolute atomic E-state index is 0.107. The maximum Gasteiger partial charge on any atom is 0.397 e. The van der Waals surface area contributed by atoms with Crippen molar-refractivity contribution in [2.45, 2.75) is 153 Å². The SMILES string of the molecule is COC1C(OC)[C@H](O[C@H]2O[C@@H](COS(=O)(=O)O)[C@@H](O[C@@H]3OC(C(=O)O)[C@@H](O[C@H]4OC(COS(=O)(=O)O)C(OC)[C@H](OC)C4N=[N+]=[N-])[C@H](OC)C3OC)C(OSOOO)C2OSOOO)[C@H](C(=O)O)O[C@H]1O[C@@H]1C(COS(=O)(=O)O)O[C@H](OC)C(OSOOO)[C@H]1OSOOO. The van der Waals surface area contributed by atoms with Crippen LogP contribution in [0.25, 0.3) is 10.4 Å². The molecular formula is C37H61N3O48S7. The van der Waals surface area contributed by atoms with E-state index in [2.05, 4.69) is 60.1 Å². The Balaban J connectivity index is 1.60. The Labute approximate surface area is 551 Å². The van der Waals surface area contributed by atoms with Gasteiger partial charge in [0.2, 0.25) is 0 Å². The summed E-state index contributed by atoms with van der Waals surface area (Å²) >= 11 is -0.873. The second kappa shape index (κ2) is 40.6. The number of nitrogens with zero attached hydrogens (tertiary/aromatic N) is 3. The van der Waals surface area contributed by atoms with Crippen molar-refractivity contribution in [3.63, 3.8) is 0 Å². The summed E-state index contributed by atoms with van der Waals surface area (Å²) < 4.78 is 247. The van der Waals surface area contributed by atoms with E-state index in [4.69, 9.17) is 108 Å². The van der Waals surface area contributed by atoms with E-state index in [1.807, 2.05) is 0 Å². The van der Waals surface area contributed by atoms with Gasteiger partial charge in [0.15, 0.2) is 105 Å². The van der Waals surface area contributed by atoms with Crippen LogP contribution in [0.3, 0.4) is 0 Å². The second-order valence-electron chi connectivity index (χ2n) is 18.4. The predicted molar refractivity (Wildman–Crippen MR) is 284 cm³/mol. The van der Waals surface area contributed by atoms with Crippen LogP contribution < -0.4 is 0 Å². The molecule has 0 bridgehead atoms. The smallest absolute Gasteiger partial charge is 0.397 e. The van der Waals surface area contributed by atoms with E-state index < -0.39 is 216 Å². The van der Waals surface area contributed by atoms with Gasteiger partial charge in [0.25, 0.3) is 0 Å². The van der Waals surface area contributed by atoms with Gasteiger partial charge in [-0.2, -0.15) is 25.3 Å². The summed E-state index contributed by atoms with van der Waals surface area (Å²) in [6.45, 7) is -3.66. The number of azide groups is 1. The standard InChI is InChI=1S/C37H61N3O48S7/c1-58-15-11(8-65-93(49,50)51)68-33(14(39-40-38)18(15)59-2)73-21-19(60-3)27(62-5)35(75-25(21)31(41)42)72-17-13(10-67-95(55,56)57)70-37(30(80-92-88-84-48)24(17)78-90-86-82-46)74-22-20(61-4)28(63-6)36(76-26(22)32(43)44)71-16-12(9-66-94(52,53)54)69-34(64-7)29(79-91-87-83-47)23(16)77-89-85-81-45/h11-30,33-37,45-48H,8-10H2,1-7H3,(H,41,42)(H,43,44)(H,49,50,51)(H,52,53,54)(H,55,56,57)/t11?,12?,13-,14?,15?,16+,17+,18+,19-,20?,21-,22-,23-,24?,25?,26+,27?,28?,29?,30?,33+,34-,35+,36+,37+/m0/s1. The molecule has 5 rings (SSSR count). The Kier molecular flexibility index (Phi) is 35.7. The average molecular weight is 1540 g/mol. The molecule has 51 nitrogen and oxygen atoms in total. The molecule has 5 aliphatic heterocycles. The first-order valence-corrected chi connectivity index (χ1v) is 32.1. The normalized spacial score (nSPS) is 36.5. The summed E-state index contributed by atoms with van der Waals surface area (Å²) in [6, 6.07) is -1.64. The molecule has 0 aliphatic carbocycles.